The van der Waals surface area contributed by atoms with Crippen molar-refractivity contribution in [1.82, 2.24) is 4.57 Å². The van der Waals surface area contributed by atoms with Crippen molar-refractivity contribution >= 4 is 11.6 Å². The number of carbonyl (C=O) groups is 1. The number of piperazine rings is 1. The number of nitrogens with one attached hydrogen (secondary N) is 2. The molecule has 0 bridgehead atoms. The van der Waals surface area contributed by atoms with Crippen LogP contribution in [0.3, 0.4) is 0 Å². The molecule has 0 aliphatic carbocycles. The fourth-order valence-electron chi connectivity index (χ4n) is 3.75. The number of nitrogens with zero attached hydrogens (tertiary/aromatic N) is 2. The molecule has 0 radical (unpaired) electrons. The minimum absolute atomic E-state index is 0.247. The first-order valence-corrected chi connectivity index (χ1v) is 9.34. The van der Waals surface area contributed by atoms with Crippen molar-refractivity contribution in [3.05, 3.63) is 47.4 Å². The van der Waals surface area contributed by atoms with Crippen molar-refractivity contribution in [2.75, 3.05) is 51.3 Å². The Morgan fingerprint density at radius 3 is 2.69 bits per heavy atom. The number of H-pyrrole nitrogens is 1. The van der Waals surface area contributed by atoms with Gasteiger partial charge in [-0.1, -0.05) is 6.07 Å². The third-order valence-corrected chi connectivity index (χ3v) is 5.31. The summed E-state index contributed by atoms with van der Waals surface area (Å²) in [7, 11) is 1.70. The lowest BCUT2D eigenvalue weighted by molar-refractivity contribution is -0.892. The average Bonchev–Trinajstić information content (AvgIpc) is 2.95. The third-order valence-electron chi connectivity index (χ3n) is 5.31. The van der Waals surface area contributed by atoms with Gasteiger partial charge in [-0.2, -0.15) is 0 Å². The number of carbonyl (C=O) groups excluding carboxylic acids is 1. The maximum absolute atomic E-state index is 12.8. The SMILES string of the molecule is COCCn1c(C)cc(C(=O)C[NH+]2CCN(c3cccc[nH+]3)CC2)c1C. The predicted octanol–water partition coefficient (Wildman–Crippen LogP) is 0.153. The van der Waals surface area contributed by atoms with E-state index in [1.54, 1.807) is 7.11 Å². The molecule has 0 aromatic carbocycles. The van der Waals surface area contributed by atoms with Gasteiger partial charge >= 0.3 is 0 Å². The van der Waals surface area contributed by atoms with E-state index in [4.69, 9.17) is 4.74 Å². The lowest BCUT2D eigenvalue weighted by Crippen LogP contribution is -3.15. The number of ether oxygens (including phenoxy) is 1. The topological polar surface area (TPSA) is 53.1 Å². The Hall–Kier alpha value is -2.18. The Kier molecular flexibility index (Phi) is 6.06. The van der Waals surface area contributed by atoms with Crippen LogP contribution in [0.5, 0.6) is 0 Å². The second-order valence-electron chi connectivity index (χ2n) is 7.01. The second-order valence-corrected chi connectivity index (χ2v) is 7.01. The van der Waals surface area contributed by atoms with Gasteiger partial charge in [0.25, 0.3) is 5.82 Å². The van der Waals surface area contributed by atoms with E-state index < -0.39 is 0 Å². The van der Waals surface area contributed by atoms with Crippen molar-refractivity contribution in [1.29, 1.82) is 0 Å². The summed E-state index contributed by atoms with van der Waals surface area (Å²) in [6.45, 7) is 10.0. The third kappa shape index (κ3) is 4.14. The zero-order valence-corrected chi connectivity index (χ0v) is 16.0. The molecule has 0 saturated carbocycles. The van der Waals surface area contributed by atoms with Gasteiger partial charge in [0.2, 0.25) is 5.78 Å². The number of Topliss-reactive ketones (excluding diaryl/α,β-unsaturated/α-hetero) is 1. The lowest BCUT2D eigenvalue weighted by Gasteiger charge is -2.27. The molecule has 1 aliphatic rings. The Bertz CT molecular complexity index is 734. The molecule has 1 fully saturated rings. The number of ketones is 1. The average molecular weight is 358 g/mol. The van der Waals surface area contributed by atoms with Crippen LogP contribution in [0.15, 0.2) is 30.5 Å². The largest absolute Gasteiger partial charge is 0.383 e. The number of methoxy groups -OCH3 is 1. The van der Waals surface area contributed by atoms with Crippen LogP contribution >= 0.6 is 0 Å². The van der Waals surface area contributed by atoms with Gasteiger partial charge < -0.3 is 14.2 Å². The molecule has 2 N–H and O–H groups in total. The van der Waals surface area contributed by atoms with E-state index in [1.165, 1.54) is 4.90 Å². The van der Waals surface area contributed by atoms with E-state index in [2.05, 4.69) is 27.4 Å². The van der Waals surface area contributed by atoms with E-state index in [0.29, 0.717) is 13.2 Å². The fourth-order valence-corrected chi connectivity index (χ4v) is 3.75. The second kappa shape index (κ2) is 8.47. The van der Waals surface area contributed by atoms with E-state index in [1.807, 2.05) is 31.3 Å². The molecule has 140 valence electrons. The van der Waals surface area contributed by atoms with Gasteiger partial charge in [-0.15, -0.1) is 0 Å². The molecule has 26 heavy (non-hydrogen) atoms. The number of anilines is 1. The summed E-state index contributed by atoms with van der Waals surface area (Å²) in [6.07, 6.45) is 1.96. The molecular formula is C20H30N4O2+2. The van der Waals surface area contributed by atoms with Crippen LogP contribution in [-0.2, 0) is 11.3 Å². The summed E-state index contributed by atoms with van der Waals surface area (Å²) in [5, 5.41) is 0. The summed E-state index contributed by atoms with van der Waals surface area (Å²) >= 11 is 0. The van der Waals surface area contributed by atoms with Crippen LogP contribution in [0.1, 0.15) is 21.7 Å². The van der Waals surface area contributed by atoms with E-state index in [-0.39, 0.29) is 5.78 Å². The van der Waals surface area contributed by atoms with Gasteiger partial charge in [-0.25, -0.2) is 4.98 Å². The van der Waals surface area contributed by atoms with Gasteiger partial charge in [0, 0.05) is 36.7 Å². The molecule has 0 spiro atoms. The Balaban J connectivity index is 1.58. The number of aromatic amines is 1. The van der Waals surface area contributed by atoms with Crippen molar-refractivity contribution in [2.45, 2.75) is 20.4 Å². The molecule has 0 atom stereocenters. The molecule has 2 aromatic heterocycles. The Morgan fingerprint density at radius 1 is 1.27 bits per heavy atom. The molecule has 1 aliphatic heterocycles. The summed E-state index contributed by atoms with van der Waals surface area (Å²) in [5.74, 6) is 1.40. The van der Waals surface area contributed by atoms with Crippen LogP contribution in [0.4, 0.5) is 5.82 Å². The summed E-state index contributed by atoms with van der Waals surface area (Å²) in [4.78, 5) is 19.8. The normalized spacial score (nSPS) is 15.4. The van der Waals surface area contributed by atoms with E-state index in [9.17, 15) is 4.79 Å². The molecule has 0 amide bonds. The quantitative estimate of drug-likeness (QED) is 0.717. The smallest absolute Gasteiger partial charge is 0.274 e. The summed E-state index contributed by atoms with van der Waals surface area (Å²) in [6, 6.07) is 8.17. The first-order valence-electron chi connectivity index (χ1n) is 9.34. The maximum atomic E-state index is 12.8. The minimum Gasteiger partial charge on any atom is -0.383 e. The minimum atomic E-state index is 0.247. The highest BCUT2D eigenvalue weighted by Gasteiger charge is 2.28. The molecule has 1 saturated heterocycles. The number of quaternary nitrogens is 1. The fraction of sp³-hybridized carbons (Fsp3) is 0.500. The summed E-state index contributed by atoms with van der Waals surface area (Å²) < 4.78 is 7.35. The van der Waals surface area contributed by atoms with Crippen molar-refractivity contribution in [3.63, 3.8) is 0 Å². The molecular weight excluding hydrogens is 328 g/mol. The van der Waals surface area contributed by atoms with Gasteiger partial charge in [-0.05, 0) is 26.0 Å². The molecule has 0 unspecified atom stereocenters. The van der Waals surface area contributed by atoms with Crippen LogP contribution in [-0.4, -0.2) is 56.8 Å². The van der Waals surface area contributed by atoms with Gasteiger partial charge in [-0.3, -0.25) is 9.69 Å². The number of hydrogen-bond donors (Lipinski definition) is 1. The number of hydrogen-bond acceptors (Lipinski definition) is 3. The number of aromatic nitrogens is 2. The molecule has 2 aromatic rings. The summed E-state index contributed by atoms with van der Waals surface area (Å²) in [5.41, 5.74) is 3.05. The standard InChI is InChI=1S/C20H28N4O2/c1-16-14-18(17(2)24(16)12-13-26-3)19(25)15-22-8-10-23(11-9-22)20-6-4-5-7-21-20/h4-7,14H,8-13,15H2,1-3H3/p+2. The Labute approximate surface area is 155 Å². The van der Waals surface area contributed by atoms with E-state index >= 15 is 0 Å². The van der Waals surface area contributed by atoms with Crippen LogP contribution in [0, 0.1) is 13.8 Å². The van der Waals surface area contributed by atoms with Crippen LogP contribution in [0.2, 0.25) is 0 Å². The first-order chi connectivity index (χ1) is 12.6. The maximum Gasteiger partial charge on any atom is 0.274 e. The Morgan fingerprint density at radius 2 is 2.04 bits per heavy atom. The molecule has 6 heteroatoms. The molecule has 3 rings (SSSR count). The zero-order valence-electron chi connectivity index (χ0n) is 16.0. The lowest BCUT2D eigenvalue weighted by atomic mass is 10.1. The molecule has 6 nitrogen and oxygen atoms in total. The van der Waals surface area contributed by atoms with Gasteiger partial charge in [0.05, 0.1) is 12.8 Å². The highest BCUT2D eigenvalue weighted by atomic mass is 16.5. The first kappa shape index (κ1) is 18.6. The number of rotatable bonds is 7. The highest BCUT2D eigenvalue weighted by molar-refractivity contribution is 5.98. The highest BCUT2D eigenvalue weighted by Crippen LogP contribution is 2.15. The monoisotopic (exact) mass is 358 g/mol. The van der Waals surface area contributed by atoms with Crippen molar-refractivity contribution < 1.29 is 19.4 Å². The van der Waals surface area contributed by atoms with Gasteiger partial charge in [0.15, 0.2) is 0 Å². The van der Waals surface area contributed by atoms with Crippen LogP contribution in [0.25, 0.3) is 0 Å². The van der Waals surface area contributed by atoms with Crippen molar-refractivity contribution in [3.8, 4) is 0 Å². The van der Waals surface area contributed by atoms with Gasteiger partial charge in [0.1, 0.15) is 32.7 Å². The predicted molar refractivity (Wildman–Crippen MR) is 101 cm³/mol. The number of aryl methyl sites for hydroxylation is 1. The van der Waals surface area contributed by atoms with E-state index in [0.717, 1.165) is 55.5 Å². The molecule has 3 heterocycles. The van der Waals surface area contributed by atoms with Crippen molar-refractivity contribution in [2.24, 2.45) is 0 Å². The van der Waals surface area contributed by atoms with Crippen LogP contribution < -0.4 is 14.8 Å². The zero-order chi connectivity index (χ0) is 18.5. The number of pyridine rings is 1.